The van der Waals surface area contributed by atoms with E-state index in [2.05, 4.69) is 6.58 Å². The van der Waals surface area contributed by atoms with Gasteiger partial charge in [0.25, 0.3) is 5.92 Å². The van der Waals surface area contributed by atoms with E-state index >= 15 is 0 Å². The Morgan fingerprint density at radius 2 is 1.86 bits per heavy atom. The highest BCUT2D eigenvalue weighted by Gasteiger charge is 2.45. The maximum atomic E-state index is 14.2. The Kier molecular flexibility index (Phi) is 5.96. The third kappa shape index (κ3) is 3.99. The summed E-state index contributed by atoms with van der Waals surface area (Å²) < 4.78 is 49.8. The third-order valence-corrected chi connectivity index (χ3v) is 5.35. The van der Waals surface area contributed by atoms with Gasteiger partial charge in [-0.1, -0.05) is 23.8 Å². The average molecular weight is 406 g/mol. The zero-order valence-electron chi connectivity index (χ0n) is 16.6. The van der Waals surface area contributed by atoms with Crippen LogP contribution in [0.4, 0.5) is 8.78 Å². The van der Waals surface area contributed by atoms with Crippen molar-refractivity contribution in [3.05, 3.63) is 54.2 Å². The molecule has 0 bridgehead atoms. The molecule has 156 valence electrons. The van der Waals surface area contributed by atoms with E-state index in [1.165, 1.54) is 27.4 Å². The predicted molar refractivity (Wildman–Crippen MR) is 104 cm³/mol. The van der Waals surface area contributed by atoms with E-state index in [1.807, 2.05) is 0 Å². The van der Waals surface area contributed by atoms with Crippen LogP contribution in [0.5, 0.6) is 17.2 Å². The second kappa shape index (κ2) is 8.27. The predicted octanol–water partition coefficient (Wildman–Crippen LogP) is 4.29. The van der Waals surface area contributed by atoms with Crippen LogP contribution in [0.2, 0.25) is 0 Å². The minimum Gasteiger partial charge on any atom is -0.493 e. The van der Waals surface area contributed by atoms with Gasteiger partial charge >= 0.3 is 5.97 Å². The summed E-state index contributed by atoms with van der Waals surface area (Å²) in [6.07, 6.45) is 4.97. The number of hydrogen-bond donors (Lipinski definition) is 0. The van der Waals surface area contributed by atoms with Crippen molar-refractivity contribution in [1.82, 2.24) is 0 Å². The number of methoxy groups -OCH3 is 3. The van der Waals surface area contributed by atoms with E-state index in [-0.39, 0.29) is 12.5 Å². The quantitative estimate of drug-likeness (QED) is 0.499. The molecular formula is C22H24F2O5. The molecule has 29 heavy (non-hydrogen) atoms. The largest absolute Gasteiger partial charge is 0.493 e. The highest BCUT2D eigenvalue weighted by atomic mass is 19.3. The normalized spacial score (nSPS) is 23.8. The first kappa shape index (κ1) is 20.9. The Morgan fingerprint density at radius 3 is 2.38 bits per heavy atom. The molecule has 7 heteroatoms. The summed E-state index contributed by atoms with van der Waals surface area (Å²) >= 11 is 0. The van der Waals surface area contributed by atoms with Crippen molar-refractivity contribution in [3.8, 4) is 17.2 Å². The first-order valence-corrected chi connectivity index (χ1v) is 9.20. The number of esters is 1. The third-order valence-electron chi connectivity index (χ3n) is 5.35. The van der Waals surface area contributed by atoms with Crippen LogP contribution in [0.3, 0.4) is 0 Å². The summed E-state index contributed by atoms with van der Waals surface area (Å²) in [5.41, 5.74) is 1.04. The van der Waals surface area contributed by atoms with E-state index < -0.39 is 30.1 Å². The van der Waals surface area contributed by atoms with E-state index in [1.54, 1.807) is 24.3 Å². The van der Waals surface area contributed by atoms with Crippen molar-refractivity contribution in [2.24, 2.45) is 11.8 Å². The van der Waals surface area contributed by atoms with Gasteiger partial charge in [-0.2, -0.15) is 0 Å². The van der Waals surface area contributed by atoms with Gasteiger partial charge < -0.3 is 18.9 Å². The number of halogens is 2. The molecule has 3 rings (SSSR count). The Morgan fingerprint density at radius 1 is 1.21 bits per heavy atom. The number of rotatable bonds is 7. The van der Waals surface area contributed by atoms with Gasteiger partial charge in [0.15, 0.2) is 11.5 Å². The first-order valence-electron chi connectivity index (χ1n) is 9.20. The summed E-state index contributed by atoms with van der Waals surface area (Å²) in [4.78, 5) is 12.6. The van der Waals surface area contributed by atoms with E-state index in [4.69, 9.17) is 18.9 Å². The van der Waals surface area contributed by atoms with Crippen LogP contribution < -0.4 is 14.2 Å². The molecule has 1 aliphatic carbocycles. The SMILES string of the molecule is C=C[C@H]1COC(=O)[C@@H]1[C@H](C1=CC=CC(F)(F)C1)c1cc(OC)c(OC)c(OC)c1. The minimum absolute atomic E-state index is 0.174. The monoisotopic (exact) mass is 406 g/mol. The van der Waals surface area contributed by atoms with E-state index in [0.29, 0.717) is 28.4 Å². The fourth-order valence-electron chi connectivity index (χ4n) is 4.00. The number of allylic oxidation sites excluding steroid dienone is 4. The van der Waals surface area contributed by atoms with Crippen molar-refractivity contribution < 1.29 is 32.5 Å². The summed E-state index contributed by atoms with van der Waals surface area (Å²) in [6, 6.07) is 3.38. The van der Waals surface area contributed by atoms with Crippen molar-refractivity contribution in [2.45, 2.75) is 18.3 Å². The topological polar surface area (TPSA) is 54.0 Å². The summed E-state index contributed by atoms with van der Waals surface area (Å²) in [6.45, 7) is 3.96. The van der Waals surface area contributed by atoms with E-state index in [9.17, 15) is 13.6 Å². The van der Waals surface area contributed by atoms with Crippen molar-refractivity contribution in [3.63, 3.8) is 0 Å². The lowest BCUT2D eigenvalue weighted by Crippen LogP contribution is -2.28. The van der Waals surface area contributed by atoms with Gasteiger partial charge in [0.2, 0.25) is 5.75 Å². The molecule has 3 atom stereocenters. The number of benzene rings is 1. The lowest BCUT2D eigenvalue weighted by Gasteiger charge is -2.31. The molecule has 1 aromatic carbocycles. The molecule has 1 saturated heterocycles. The summed E-state index contributed by atoms with van der Waals surface area (Å²) in [5, 5.41) is 0. The standard InChI is InChI=1S/C22H24F2O5/c1-5-13-12-29-21(25)19(13)18(14-7-6-8-22(23,24)11-14)15-9-16(26-2)20(28-4)17(10-15)27-3/h5-10,13,18-19H,1,11-12H2,2-4H3/t13-,18+,19-/m0/s1. The highest BCUT2D eigenvalue weighted by molar-refractivity contribution is 5.77. The molecule has 0 spiro atoms. The van der Waals surface area contributed by atoms with Gasteiger partial charge in [-0.25, -0.2) is 8.78 Å². The molecule has 0 unspecified atom stereocenters. The van der Waals surface area contributed by atoms with Gasteiger partial charge in [0.05, 0.1) is 33.9 Å². The number of hydrogen-bond acceptors (Lipinski definition) is 5. The van der Waals surface area contributed by atoms with Gasteiger partial charge in [0.1, 0.15) is 0 Å². The molecular weight excluding hydrogens is 382 g/mol. The lowest BCUT2D eigenvalue weighted by atomic mass is 9.73. The number of carbonyl (C=O) groups is 1. The van der Waals surface area contributed by atoms with Crippen molar-refractivity contribution in [2.75, 3.05) is 27.9 Å². The number of cyclic esters (lactones) is 1. The maximum absolute atomic E-state index is 14.2. The molecule has 0 aromatic heterocycles. The molecule has 0 N–H and O–H groups in total. The Hall–Kier alpha value is -2.83. The summed E-state index contributed by atoms with van der Waals surface area (Å²) in [5.74, 6) is -3.91. The average Bonchev–Trinajstić information content (AvgIpc) is 3.07. The smallest absolute Gasteiger partial charge is 0.310 e. The minimum atomic E-state index is -2.99. The fraction of sp³-hybridized carbons (Fsp3) is 0.409. The molecule has 1 fully saturated rings. The molecule has 0 amide bonds. The number of alkyl halides is 2. The van der Waals surface area contributed by atoms with Crippen LogP contribution in [0, 0.1) is 11.8 Å². The van der Waals surface area contributed by atoms with Gasteiger partial charge in [0, 0.05) is 18.3 Å². The second-order valence-corrected chi connectivity index (χ2v) is 7.03. The fourth-order valence-corrected chi connectivity index (χ4v) is 4.00. The lowest BCUT2D eigenvalue weighted by molar-refractivity contribution is -0.141. The molecule has 2 aliphatic rings. The molecule has 0 radical (unpaired) electrons. The Labute approximate surface area is 168 Å². The van der Waals surface area contributed by atoms with Crippen LogP contribution in [-0.4, -0.2) is 39.8 Å². The molecule has 0 saturated carbocycles. The zero-order chi connectivity index (χ0) is 21.2. The van der Waals surface area contributed by atoms with Crippen LogP contribution in [0.15, 0.2) is 48.6 Å². The highest BCUT2D eigenvalue weighted by Crippen LogP contribution is 2.49. The molecule has 1 heterocycles. The molecule has 1 aliphatic heterocycles. The van der Waals surface area contributed by atoms with Crippen molar-refractivity contribution >= 4 is 5.97 Å². The number of carbonyl (C=O) groups excluding carboxylic acids is 1. The maximum Gasteiger partial charge on any atom is 0.310 e. The number of ether oxygens (including phenoxy) is 4. The van der Waals surface area contributed by atoms with Crippen molar-refractivity contribution in [1.29, 1.82) is 0 Å². The van der Waals surface area contributed by atoms with Crippen LogP contribution in [-0.2, 0) is 9.53 Å². The van der Waals surface area contributed by atoms with Crippen LogP contribution >= 0.6 is 0 Å². The zero-order valence-corrected chi connectivity index (χ0v) is 16.6. The van der Waals surface area contributed by atoms with Gasteiger partial charge in [-0.05, 0) is 23.8 Å². The Balaban J connectivity index is 2.18. The van der Waals surface area contributed by atoms with Gasteiger partial charge in [-0.3, -0.25) is 4.79 Å². The van der Waals surface area contributed by atoms with E-state index in [0.717, 1.165) is 6.08 Å². The van der Waals surface area contributed by atoms with Crippen LogP contribution in [0.1, 0.15) is 17.9 Å². The second-order valence-electron chi connectivity index (χ2n) is 7.03. The molecule has 1 aromatic rings. The first-order chi connectivity index (χ1) is 13.8. The van der Waals surface area contributed by atoms with Crippen LogP contribution in [0.25, 0.3) is 0 Å². The Bertz CT molecular complexity index is 834. The van der Waals surface area contributed by atoms with Gasteiger partial charge in [-0.15, -0.1) is 6.58 Å². The molecule has 5 nitrogen and oxygen atoms in total. The summed E-state index contributed by atoms with van der Waals surface area (Å²) in [7, 11) is 4.43.